The highest BCUT2D eigenvalue weighted by Gasteiger charge is 2.58. The van der Waals surface area contributed by atoms with Crippen molar-refractivity contribution in [3.05, 3.63) is 18.3 Å². The molecule has 9 atom stereocenters. The van der Waals surface area contributed by atoms with Crippen molar-refractivity contribution in [3.63, 3.8) is 0 Å². The fraction of sp³-hybridized carbons (Fsp3) is 0.821. The molecule has 5 nitrogen and oxygen atoms in total. The number of ether oxygens (including phenoxy) is 1. The van der Waals surface area contributed by atoms with E-state index in [1.807, 2.05) is 19.2 Å². The van der Waals surface area contributed by atoms with Crippen molar-refractivity contribution in [2.75, 3.05) is 24.3 Å². The van der Waals surface area contributed by atoms with Crippen molar-refractivity contribution in [1.29, 1.82) is 0 Å². The molecule has 1 aromatic rings. The Hall–Kier alpha value is -1.33. The fourth-order valence-corrected chi connectivity index (χ4v) is 9.10. The van der Waals surface area contributed by atoms with Crippen LogP contribution in [0, 0.1) is 40.9 Å². The maximum absolute atomic E-state index is 11.1. The van der Waals surface area contributed by atoms with Crippen LogP contribution in [-0.2, 0) is 4.74 Å². The Kier molecular flexibility index (Phi) is 6.41. The average Bonchev–Trinajstić information content (AvgIpc) is 3.16. The van der Waals surface area contributed by atoms with Crippen LogP contribution in [0.4, 0.5) is 11.5 Å². The van der Waals surface area contributed by atoms with E-state index in [-0.39, 0.29) is 0 Å². The molecule has 0 bridgehead atoms. The van der Waals surface area contributed by atoms with Crippen LogP contribution in [0.5, 0.6) is 0 Å². The average molecular weight is 456 g/mol. The fourth-order valence-electron chi connectivity index (χ4n) is 9.10. The molecule has 0 amide bonds. The van der Waals surface area contributed by atoms with Crippen LogP contribution in [0.25, 0.3) is 0 Å². The number of hydrogen-bond acceptors (Lipinski definition) is 5. The number of fused-ring (bicyclic) bond motifs is 5. The minimum Gasteiger partial charge on any atom is -0.387 e. The summed E-state index contributed by atoms with van der Waals surface area (Å²) in [6, 6.07) is 4.39. The highest BCUT2D eigenvalue weighted by Crippen LogP contribution is 2.65. The molecule has 4 fully saturated rings. The van der Waals surface area contributed by atoms with Gasteiger partial charge in [0.15, 0.2) is 0 Å². The lowest BCUT2D eigenvalue weighted by Crippen LogP contribution is -2.52. The van der Waals surface area contributed by atoms with Crippen molar-refractivity contribution in [3.8, 4) is 0 Å². The van der Waals surface area contributed by atoms with Gasteiger partial charge in [-0.15, -0.1) is 0 Å². The smallest absolute Gasteiger partial charge is 0.123 e. The molecule has 0 aromatic carbocycles. The lowest BCUT2D eigenvalue weighted by atomic mass is 9.48. The van der Waals surface area contributed by atoms with Crippen LogP contribution in [0.15, 0.2) is 18.3 Å². The molecule has 4 saturated carbocycles. The van der Waals surface area contributed by atoms with Crippen molar-refractivity contribution < 1.29 is 9.84 Å². The molecule has 33 heavy (non-hydrogen) atoms. The van der Waals surface area contributed by atoms with Crippen LogP contribution in [0.1, 0.15) is 78.6 Å². The molecule has 184 valence electrons. The zero-order valence-electron chi connectivity index (χ0n) is 20.9. The molecule has 1 heterocycles. The lowest BCUT2D eigenvalue weighted by Gasteiger charge is -2.57. The maximum Gasteiger partial charge on any atom is 0.123 e. The van der Waals surface area contributed by atoms with Gasteiger partial charge in [0.2, 0.25) is 0 Å². The number of hydrogen-bond donors (Lipinski definition) is 3. The van der Waals surface area contributed by atoms with Crippen molar-refractivity contribution in [2.24, 2.45) is 40.9 Å². The molecule has 0 unspecified atom stereocenters. The molecule has 4 aliphatic carbocycles. The van der Waals surface area contributed by atoms with E-state index < -0.39 is 5.60 Å². The number of anilines is 2. The molecule has 0 radical (unpaired) electrons. The SMILES string of the molecule is CCOC[C@@]1(O)CC[C@H]2[C@H](CC[C@@H]3[C@@H]2CC[C@]2(C)[C@@H]([C@@H](C)Nc4ccc(N)nc4)CC[C@@H]32)C1. The van der Waals surface area contributed by atoms with E-state index in [1.54, 1.807) is 0 Å². The summed E-state index contributed by atoms with van der Waals surface area (Å²) in [5.74, 6) is 5.44. The van der Waals surface area contributed by atoms with Crippen molar-refractivity contribution >= 4 is 11.5 Å². The second-order valence-corrected chi connectivity index (χ2v) is 12.2. The minimum absolute atomic E-state index is 0.437. The third-order valence-corrected chi connectivity index (χ3v) is 10.5. The summed E-state index contributed by atoms with van der Waals surface area (Å²) in [7, 11) is 0. The second-order valence-electron chi connectivity index (χ2n) is 12.2. The van der Waals surface area contributed by atoms with Gasteiger partial charge in [-0.05, 0) is 125 Å². The molecular formula is C28H45N3O2. The zero-order valence-corrected chi connectivity index (χ0v) is 20.9. The number of rotatable bonds is 6. The van der Waals surface area contributed by atoms with Crippen molar-refractivity contribution in [1.82, 2.24) is 4.98 Å². The molecule has 5 heteroatoms. The van der Waals surface area contributed by atoms with E-state index in [1.165, 1.54) is 44.9 Å². The van der Waals surface area contributed by atoms with Gasteiger partial charge < -0.3 is 20.9 Å². The lowest BCUT2D eigenvalue weighted by molar-refractivity contribution is -0.128. The summed E-state index contributed by atoms with van der Waals surface area (Å²) in [6.45, 7) is 8.23. The monoisotopic (exact) mass is 455 g/mol. The molecule has 4 aliphatic rings. The van der Waals surface area contributed by atoms with Gasteiger partial charge in [0.05, 0.1) is 24.1 Å². The number of nitrogens with one attached hydrogen (secondary N) is 1. The van der Waals surface area contributed by atoms with Crippen LogP contribution >= 0.6 is 0 Å². The van der Waals surface area contributed by atoms with Gasteiger partial charge in [-0.1, -0.05) is 6.92 Å². The molecule has 4 N–H and O–H groups in total. The Morgan fingerprint density at radius 1 is 1.12 bits per heavy atom. The molecule has 1 aromatic heterocycles. The van der Waals surface area contributed by atoms with E-state index in [0.29, 0.717) is 42.3 Å². The Bertz CT molecular complexity index is 816. The van der Waals surface area contributed by atoms with E-state index in [9.17, 15) is 5.11 Å². The standard InChI is InChI=1S/C28H45N3O2/c1-4-33-17-28(32)14-12-21-19(15-28)5-7-23-22(21)11-13-27(3)24(8-9-25(23)27)18(2)31-20-6-10-26(29)30-16-20/h6,10,16,18-19,21-25,31-32H,4-5,7-9,11-15,17H2,1-3H3,(H2,29,30)/t18-,19-,21+,22-,23-,24-,25+,27-,28-/m1/s1. The van der Waals surface area contributed by atoms with Gasteiger partial charge in [-0.3, -0.25) is 0 Å². The number of aromatic nitrogens is 1. The normalized spacial score (nSPS) is 43.3. The molecule has 0 aliphatic heterocycles. The van der Waals surface area contributed by atoms with Gasteiger partial charge in [-0.2, -0.15) is 0 Å². The predicted molar refractivity (Wildman–Crippen MR) is 134 cm³/mol. The summed E-state index contributed by atoms with van der Waals surface area (Å²) in [6.07, 6.45) is 13.1. The van der Waals surface area contributed by atoms with Gasteiger partial charge in [-0.25, -0.2) is 4.98 Å². The Morgan fingerprint density at radius 3 is 2.70 bits per heavy atom. The van der Waals surface area contributed by atoms with Gasteiger partial charge >= 0.3 is 0 Å². The Labute approximate surface area is 200 Å². The zero-order chi connectivity index (χ0) is 23.2. The number of nitrogens with zero attached hydrogens (tertiary/aromatic N) is 1. The first-order chi connectivity index (χ1) is 15.8. The maximum atomic E-state index is 11.1. The first kappa shape index (κ1) is 23.4. The summed E-state index contributed by atoms with van der Waals surface area (Å²) >= 11 is 0. The first-order valence-corrected chi connectivity index (χ1v) is 13.6. The highest BCUT2D eigenvalue weighted by atomic mass is 16.5. The molecule has 5 rings (SSSR count). The van der Waals surface area contributed by atoms with Crippen LogP contribution in [-0.4, -0.2) is 34.9 Å². The Balaban J connectivity index is 1.25. The number of aliphatic hydroxyl groups is 1. The molecule has 0 spiro atoms. The van der Waals surface area contributed by atoms with E-state index in [0.717, 1.165) is 42.2 Å². The van der Waals surface area contributed by atoms with Crippen molar-refractivity contribution in [2.45, 2.75) is 90.2 Å². The van der Waals surface area contributed by atoms with Crippen LogP contribution in [0.3, 0.4) is 0 Å². The minimum atomic E-state index is -0.580. The van der Waals surface area contributed by atoms with Gasteiger partial charge in [0, 0.05) is 12.6 Å². The van der Waals surface area contributed by atoms with Crippen LogP contribution < -0.4 is 11.1 Å². The van der Waals surface area contributed by atoms with E-state index >= 15 is 0 Å². The van der Waals surface area contributed by atoms with Crippen LogP contribution in [0.2, 0.25) is 0 Å². The molecular weight excluding hydrogens is 410 g/mol. The summed E-state index contributed by atoms with van der Waals surface area (Å²) in [5, 5.41) is 14.9. The molecule has 0 saturated heterocycles. The van der Waals surface area contributed by atoms with Gasteiger partial charge in [0.1, 0.15) is 5.82 Å². The number of nitrogens with two attached hydrogens (primary N) is 1. The predicted octanol–water partition coefficient (Wildman–Crippen LogP) is 5.50. The number of nitrogen functional groups attached to an aromatic ring is 1. The largest absolute Gasteiger partial charge is 0.387 e. The van der Waals surface area contributed by atoms with Gasteiger partial charge in [0.25, 0.3) is 0 Å². The summed E-state index contributed by atoms with van der Waals surface area (Å²) < 4.78 is 5.65. The first-order valence-electron chi connectivity index (χ1n) is 13.6. The Morgan fingerprint density at radius 2 is 1.94 bits per heavy atom. The van der Waals surface area contributed by atoms with E-state index in [4.69, 9.17) is 10.5 Å². The third-order valence-electron chi connectivity index (χ3n) is 10.5. The quantitative estimate of drug-likeness (QED) is 0.528. The summed E-state index contributed by atoms with van der Waals surface area (Å²) in [4.78, 5) is 4.27. The third kappa shape index (κ3) is 4.29. The summed E-state index contributed by atoms with van der Waals surface area (Å²) in [5.41, 5.74) is 6.71. The van der Waals surface area contributed by atoms with E-state index in [2.05, 4.69) is 30.2 Å². The highest BCUT2D eigenvalue weighted by molar-refractivity contribution is 5.46. The topological polar surface area (TPSA) is 80.4 Å². The second kappa shape index (κ2) is 9.03. The number of pyridine rings is 1.